The van der Waals surface area contributed by atoms with Gasteiger partial charge in [-0.25, -0.2) is 9.07 Å². The van der Waals surface area contributed by atoms with Gasteiger partial charge in [0, 0.05) is 7.05 Å². The predicted octanol–water partition coefficient (Wildman–Crippen LogP) is 3.43. The van der Waals surface area contributed by atoms with Gasteiger partial charge in [0.2, 0.25) is 0 Å². The molecule has 0 saturated heterocycles. The van der Waals surface area contributed by atoms with E-state index in [1.807, 2.05) is 23.2 Å². The Hall–Kier alpha value is -1.95. The van der Waals surface area contributed by atoms with Gasteiger partial charge in [-0.2, -0.15) is 5.10 Å². The van der Waals surface area contributed by atoms with Gasteiger partial charge in [-0.05, 0) is 49.3 Å². The van der Waals surface area contributed by atoms with Crippen LogP contribution in [0.1, 0.15) is 18.2 Å². The number of hydrogen-bond donors (Lipinski definition) is 1. The molecule has 2 aromatic heterocycles. The van der Waals surface area contributed by atoms with Crippen LogP contribution in [0.3, 0.4) is 0 Å². The SMILES string of the molecule is CCc1nn(C)c2c1[nH]c(=S)n2-c1ccc(F)cc1C. The fourth-order valence-corrected chi connectivity index (χ4v) is 2.84. The highest BCUT2D eigenvalue weighted by molar-refractivity contribution is 7.71. The number of nitrogens with one attached hydrogen (secondary N) is 1. The lowest BCUT2D eigenvalue weighted by molar-refractivity contribution is 0.626. The van der Waals surface area contributed by atoms with Gasteiger partial charge in [0.05, 0.1) is 11.4 Å². The minimum absolute atomic E-state index is 0.246. The zero-order valence-corrected chi connectivity index (χ0v) is 12.4. The minimum atomic E-state index is -0.246. The highest BCUT2D eigenvalue weighted by Gasteiger charge is 2.16. The van der Waals surface area contributed by atoms with Crippen molar-refractivity contribution in [3.05, 3.63) is 40.0 Å². The Morgan fingerprint density at radius 3 is 2.80 bits per heavy atom. The van der Waals surface area contributed by atoms with Gasteiger partial charge in [0.25, 0.3) is 0 Å². The molecule has 0 atom stereocenters. The van der Waals surface area contributed by atoms with Crippen molar-refractivity contribution < 1.29 is 4.39 Å². The lowest BCUT2D eigenvalue weighted by atomic mass is 10.2. The first-order chi connectivity index (χ1) is 9.52. The minimum Gasteiger partial charge on any atom is -0.327 e. The Morgan fingerprint density at radius 1 is 1.40 bits per heavy atom. The number of nitrogens with zero attached hydrogens (tertiary/aromatic N) is 3. The average Bonchev–Trinajstić information content (AvgIpc) is 2.87. The van der Waals surface area contributed by atoms with E-state index in [0.717, 1.165) is 34.5 Å². The molecule has 0 spiro atoms. The first kappa shape index (κ1) is 13.1. The monoisotopic (exact) mass is 290 g/mol. The maximum absolute atomic E-state index is 13.3. The number of rotatable bonds is 2. The quantitative estimate of drug-likeness (QED) is 0.734. The van der Waals surface area contributed by atoms with Crippen LogP contribution in [0.2, 0.25) is 0 Å². The maximum Gasteiger partial charge on any atom is 0.184 e. The van der Waals surface area contributed by atoms with Crippen LogP contribution in [0.4, 0.5) is 4.39 Å². The number of halogens is 1. The standard InChI is InChI=1S/C14H15FN4S/c1-4-10-12-13(18(3)17-10)19(14(20)16-12)11-6-5-9(15)7-8(11)2/h5-7H,4H2,1-3H3,(H,16,20). The zero-order valence-electron chi connectivity index (χ0n) is 11.6. The third-order valence-corrected chi connectivity index (χ3v) is 3.76. The summed E-state index contributed by atoms with van der Waals surface area (Å²) in [6, 6.07) is 4.69. The van der Waals surface area contributed by atoms with Crippen LogP contribution in [-0.2, 0) is 13.5 Å². The van der Waals surface area contributed by atoms with Crippen molar-refractivity contribution in [2.45, 2.75) is 20.3 Å². The molecule has 6 heteroatoms. The summed E-state index contributed by atoms with van der Waals surface area (Å²) in [5.41, 5.74) is 4.53. The molecular formula is C14H15FN4S. The van der Waals surface area contributed by atoms with Gasteiger partial charge in [-0.1, -0.05) is 6.92 Å². The molecule has 3 rings (SSSR count). The van der Waals surface area contributed by atoms with E-state index < -0.39 is 0 Å². The Morgan fingerprint density at radius 2 is 2.15 bits per heavy atom. The summed E-state index contributed by atoms with van der Waals surface area (Å²) in [6.45, 7) is 3.93. The smallest absolute Gasteiger partial charge is 0.184 e. The van der Waals surface area contributed by atoms with Crippen LogP contribution >= 0.6 is 12.2 Å². The van der Waals surface area contributed by atoms with Crippen LogP contribution in [0.5, 0.6) is 0 Å². The van der Waals surface area contributed by atoms with E-state index in [1.165, 1.54) is 12.1 Å². The van der Waals surface area contributed by atoms with Crippen LogP contribution in [0, 0.1) is 17.5 Å². The fourth-order valence-electron chi connectivity index (χ4n) is 2.55. The summed E-state index contributed by atoms with van der Waals surface area (Å²) in [5, 5.41) is 4.49. The van der Waals surface area contributed by atoms with E-state index in [9.17, 15) is 4.39 Å². The number of aromatic amines is 1. The van der Waals surface area contributed by atoms with Gasteiger partial charge < -0.3 is 4.98 Å². The second-order valence-corrected chi connectivity index (χ2v) is 5.21. The molecule has 0 saturated carbocycles. The topological polar surface area (TPSA) is 38.5 Å². The van der Waals surface area contributed by atoms with E-state index in [1.54, 1.807) is 6.07 Å². The van der Waals surface area contributed by atoms with Crippen molar-refractivity contribution in [3.63, 3.8) is 0 Å². The third-order valence-electron chi connectivity index (χ3n) is 3.47. The van der Waals surface area contributed by atoms with Crippen LogP contribution in [0.25, 0.3) is 16.9 Å². The van der Waals surface area contributed by atoms with Gasteiger partial charge in [0.1, 0.15) is 11.3 Å². The summed E-state index contributed by atoms with van der Waals surface area (Å²) in [4.78, 5) is 3.21. The van der Waals surface area contributed by atoms with E-state index in [2.05, 4.69) is 17.0 Å². The number of imidazole rings is 1. The van der Waals surface area contributed by atoms with E-state index in [4.69, 9.17) is 12.2 Å². The second-order valence-electron chi connectivity index (χ2n) is 4.82. The summed E-state index contributed by atoms with van der Waals surface area (Å²) >= 11 is 5.42. The Bertz CT molecular complexity index is 856. The molecule has 0 unspecified atom stereocenters. The second kappa shape index (κ2) is 4.56. The number of aromatic nitrogens is 4. The van der Waals surface area contributed by atoms with Crippen molar-refractivity contribution in [1.82, 2.24) is 19.3 Å². The lowest BCUT2D eigenvalue weighted by Gasteiger charge is -2.08. The van der Waals surface area contributed by atoms with Gasteiger partial charge in [-0.15, -0.1) is 0 Å². The summed E-state index contributed by atoms with van der Waals surface area (Å²) < 4.78 is 17.6. The number of hydrogen-bond acceptors (Lipinski definition) is 2. The largest absolute Gasteiger partial charge is 0.327 e. The van der Waals surface area contributed by atoms with Gasteiger partial charge >= 0.3 is 0 Å². The van der Waals surface area contributed by atoms with Gasteiger partial charge in [0.15, 0.2) is 10.4 Å². The fraction of sp³-hybridized carbons (Fsp3) is 0.286. The molecule has 0 aliphatic heterocycles. The third kappa shape index (κ3) is 1.79. The first-order valence-electron chi connectivity index (χ1n) is 6.46. The van der Waals surface area contributed by atoms with Crippen LogP contribution in [0.15, 0.2) is 18.2 Å². The van der Waals surface area contributed by atoms with E-state index in [-0.39, 0.29) is 5.82 Å². The average molecular weight is 290 g/mol. The molecule has 1 N–H and O–H groups in total. The molecular weight excluding hydrogens is 275 g/mol. The summed E-state index contributed by atoms with van der Waals surface area (Å²) in [5.74, 6) is -0.246. The van der Waals surface area contributed by atoms with Crippen molar-refractivity contribution >= 4 is 23.4 Å². The lowest BCUT2D eigenvalue weighted by Crippen LogP contribution is -2.03. The molecule has 0 bridgehead atoms. The molecule has 0 fully saturated rings. The maximum atomic E-state index is 13.3. The summed E-state index contributed by atoms with van der Waals surface area (Å²) in [7, 11) is 1.89. The van der Waals surface area contributed by atoms with Crippen molar-refractivity contribution in [2.24, 2.45) is 7.05 Å². The normalized spacial score (nSPS) is 11.4. The molecule has 1 aromatic carbocycles. The zero-order chi connectivity index (χ0) is 14.4. The molecule has 2 heterocycles. The Labute approximate surface area is 120 Å². The highest BCUT2D eigenvalue weighted by Crippen LogP contribution is 2.24. The molecule has 0 amide bonds. The summed E-state index contributed by atoms with van der Waals surface area (Å²) in [6.07, 6.45) is 0.828. The Balaban J connectivity index is 2.39. The molecule has 4 nitrogen and oxygen atoms in total. The van der Waals surface area contributed by atoms with E-state index >= 15 is 0 Å². The molecule has 0 aliphatic carbocycles. The van der Waals surface area contributed by atoms with Crippen LogP contribution < -0.4 is 0 Å². The molecule has 3 aromatic rings. The van der Waals surface area contributed by atoms with Crippen molar-refractivity contribution in [2.75, 3.05) is 0 Å². The number of aryl methyl sites for hydroxylation is 3. The van der Waals surface area contributed by atoms with E-state index in [0.29, 0.717) is 4.77 Å². The van der Waals surface area contributed by atoms with Crippen LogP contribution in [-0.4, -0.2) is 19.3 Å². The molecule has 0 radical (unpaired) electrons. The number of H-pyrrole nitrogens is 1. The first-order valence-corrected chi connectivity index (χ1v) is 6.87. The van der Waals surface area contributed by atoms with Gasteiger partial charge in [-0.3, -0.25) is 4.57 Å². The predicted molar refractivity (Wildman–Crippen MR) is 79.3 cm³/mol. The molecule has 0 aliphatic rings. The van der Waals surface area contributed by atoms with Crippen molar-refractivity contribution in [1.29, 1.82) is 0 Å². The highest BCUT2D eigenvalue weighted by atomic mass is 32.1. The number of fused-ring (bicyclic) bond motifs is 1. The molecule has 20 heavy (non-hydrogen) atoms. The molecule has 104 valence electrons. The number of benzene rings is 1. The van der Waals surface area contributed by atoms with Crippen molar-refractivity contribution in [3.8, 4) is 5.69 Å². The Kier molecular flexibility index (Phi) is 2.97.